The first kappa shape index (κ1) is 13.2. The Morgan fingerprint density at radius 1 is 1.22 bits per heavy atom. The summed E-state index contributed by atoms with van der Waals surface area (Å²) in [4.78, 5) is 0. The van der Waals surface area contributed by atoms with Gasteiger partial charge in [0.1, 0.15) is 17.4 Å². The molecule has 1 atom stereocenters. The number of halogens is 3. The minimum absolute atomic E-state index is 0.0267. The summed E-state index contributed by atoms with van der Waals surface area (Å²) in [6.45, 7) is 2.43. The van der Waals surface area contributed by atoms with Crippen LogP contribution in [0, 0.1) is 11.6 Å². The van der Waals surface area contributed by atoms with Crippen LogP contribution in [0.5, 0.6) is 0 Å². The van der Waals surface area contributed by atoms with Gasteiger partial charge in [0.15, 0.2) is 4.67 Å². The van der Waals surface area contributed by atoms with Gasteiger partial charge in [0, 0.05) is 5.56 Å². The number of nitrogens with one attached hydrogen (secondary N) is 1. The van der Waals surface area contributed by atoms with Gasteiger partial charge in [-0.2, -0.15) is 0 Å². The third-order valence-electron chi connectivity index (χ3n) is 2.58. The summed E-state index contributed by atoms with van der Waals surface area (Å²) in [7, 11) is 0. The van der Waals surface area contributed by atoms with E-state index in [-0.39, 0.29) is 5.56 Å². The molecule has 1 aromatic carbocycles. The van der Waals surface area contributed by atoms with E-state index in [1.165, 1.54) is 18.2 Å². The van der Waals surface area contributed by atoms with Gasteiger partial charge in [-0.3, -0.25) is 0 Å². The summed E-state index contributed by atoms with van der Waals surface area (Å²) in [6.07, 6.45) is 0. The lowest BCUT2D eigenvalue weighted by molar-refractivity contribution is 0.417. The number of hydrogen-bond donors (Lipinski definition) is 1. The Morgan fingerprint density at radius 2 is 1.89 bits per heavy atom. The summed E-state index contributed by atoms with van der Waals surface area (Å²) in [5, 5.41) is 3.02. The van der Waals surface area contributed by atoms with Crippen molar-refractivity contribution in [3.8, 4) is 0 Å². The van der Waals surface area contributed by atoms with Crippen molar-refractivity contribution in [1.29, 1.82) is 0 Å². The highest BCUT2D eigenvalue weighted by Crippen LogP contribution is 2.29. The second kappa shape index (κ2) is 5.63. The molecule has 0 amide bonds. The van der Waals surface area contributed by atoms with Crippen LogP contribution in [0.4, 0.5) is 8.78 Å². The molecule has 2 nitrogen and oxygen atoms in total. The third kappa shape index (κ3) is 2.62. The molecule has 1 heterocycles. The van der Waals surface area contributed by atoms with E-state index in [0.29, 0.717) is 17.0 Å². The van der Waals surface area contributed by atoms with Gasteiger partial charge in [0.2, 0.25) is 0 Å². The van der Waals surface area contributed by atoms with Crippen LogP contribution in [0.15, 0.2) is 39.4 Å². The molecule has 0 aliphatic rings. The maximum atomic E-state index is 13.8. The van der Waals surface area contributed by atoms with Crippen LogP contribution in [0.2, 0.25) is 0 Å². The second-order valence-electron chi connectivity index (χ2n) is 3.77. The minimum atomic E-state index is -0.637. The largest absolute Gasteiger partial charge is 0.452 e. The van der Waals surface area contributed by atoms with E-state index in [0.717, 1.165) is 0 Å². The second-order valence-corrected chi connectivity index (χ2v) is 4.55. The van der Waals surface area contributed by atoms with Crippen molar-refractivity contribution in [2.75, 3.05) is 6.54 Å². The molecule has 0 spiro atoms. The van der Waals surface area contributed by atoms with Gasteiger partial charge in [0.05, 0.1) is 6.04 Å². The van der Waals surface area contributed by atoms with Crippen LogP contribution in [0.3, 0.4) is 0 Å². The van der Waals surface area contributed by atoms with E-state index in [9.17, 15) is 8.78 Å². The molecular weight excluding hydrogens is 304 g/mol. The zero-order valence-corrected chi connectivity index (χ0v) is 11.3. The van der Waals surface area contributed by atoms with Gasteiger partial charge in [-0.15, -0.1) is 0 Å². The number of rotatable bonds is 4. The van der Waals surface area contributed by atoms with E-state index < -0.39 is 17.7 Å². The molecule has 2 rings (SSSR count). The molecule has 18 heavy (non-hydrogen) atoms. The van der Waals surface area contributed by atoms with Crippen molar-refractivity contribution in [3.05, 3.63) is 58.0 Å². The first-order chi connectivity index (χ1) is 8.63. The average Bonchev–Trinajstić information content (AvgIpc) is 2.74. The summed E-state index contributed by atoms with van der Waals surface area (Å²) in [6, 6.07) is 6.56. The molecule has 1 unspecified atom stereocenters. The Labute approximate surface area is 112 Å². The predicted octanol–water partition coefficient (Wildman–Crippen LogP) is 4.02. The van der Waals surface area contributed by atoms with Crippen LogP contribution in [-0.4, -0.2) is 6.54 Å². The molecule has 0 saturated carbocycles. The number of benzene rings is 1. The fraction of sp³-hybridized carbons (Fsp3) is 0.231. The molecule has 0 saturated heterocycles. The Kier molecular flexibility index (Phi) is 4.14. The maximum absolute atomic E-state index is 13.8. The molecule has 2 aromatic rings. The van der Waals surface area contributed by atoms with Crippen LogP contribution < -0.4 is 5.32 Å². The van der Waals surface area contributed by atoms with Gasteiger partial charge in [-0.25, -0.2) is 8.78 Å². The average molecular weight is 316 g/mol. The van der Waals surface area contributed by atoms with Crippen molar-refractivity contribution >= 4 is 15.9 Å². The Hall–Kier alpha value is -1.20. The maximum Gasteiger partial charge on any atom is 0.169 e. The molecule has 96 valence electrons. The molecule has 1 N–H and O–H groups in total. The van der Waals surface area contributed by atoms with E-state index in [1.807, 2.05) is 6.92 Å². The third-order valence-corrected chi connectivity index (χ3v) is 3.00. The van der Waals surface area contributed by atoms with Gasteiger partial charge in [-0.1, -0.05) is 13.0 Å². The lowest BCUT2D eigenvalue weighted by Crippen LogP contribution is -2.23. The smallest absolute Gasteiger partial charge is 0.169 e. The highest BCUT2D eigenvalue weighted by molar-refractivity contribution is 9.10. The summed E-state index contributed by atoms with van der Waals surface area (Å²) < 4.78 is 33.5. The van der Waals surface area contributed by atoms with E-state index in [4.69, 9.17) is 4.42 Å². The van der Waals surface area contributed by atoms with Crippen LogP contribution in [-0.2, 0) is 0 Å². The summed E-state index contributed by atoms with van der Waals surface area (Å²) in [5.41, 5.74) is -0.0267. The quantitative estimate of drug-likeness (QED) is 0.922. The standard InChI is InChI=1S/C13H12BrF2NO/c1-2-17-13(10-6-7-11(14)18-10)12-8(15)4-3-5-9(12)16/h3-7,13,17H,2H2,1H3. The van der Waals surface area contributed by atoms with Gasteiger partial charge in [-0.05, 0) is 46.7 Å². The highest BCUT2D eigenvalue weighted by Gasteiger charge is 2.23. The van der Waals surface area contributed by atoms with Crippen molar-refractivity contribution in [3.63, 3.8) is 0 Å². The van der Waals surface area contributed by atoms with E-state index >= 15 is 0 Å². The van der Waals surface area contributed by atoms with Crippen molar-refractivity contribution < 1.29 is 13.2 Å². The summed E-state index contributed by atoms with van der Waals surface area (Å²) >= 11 is 3.18. The Balaban J connectivity index is 2.47. The first-order valence-corrected chi connectivity index (χ1v) is 6.35. The Bertz CT molecular complexity index is 521. The van der Waals surface area contributed by atoms with Gasteiger partial charge >= 0.3 is 0 Å². The van der Waals surface area contributed by atoms with Crippen LogP contribution in [0.1, 0.15) is 24.3 Å². The van der Waals surface area contributed by atoms with Crippen molar-refractivity contribution in [1.82, 2.24) is 5.32 Å². The molecule has 0 aliphatic heterocycles. The fourth-order valence-corrected chi connectivity index (χ4v) is 2.14. The predicted molar refractivity (Wildman–Crippen MR) is 68.3 cm³/mol. The molecule has 0 fully saturated rings. The van der Waals surface area contributed by atoms with Crippen molar-refractivity contribution in [2.24, 2.45) is 0 Å². The Morgan fingerprint density at radius 3 is 2.39 bits per heavy atom. The van der Waals surface area contributed by atoms with Gasteiger partial charge < -0.3 is 9.73 Å². The molecule has 1 aromatic heterocycles. The minimum Gasteiger partial charge on any atom is -0.452 e. The van der Waals surface area contributed by atoms with Crippen molar-refractivity contribution in [2.45, 2.75) is 13.0 Å². The van der Waals surface area contributed by atoms with E-state index in [2.05, 4.69) is 21.2 Å². The number of hydrogen-bond acceptors (Lipinski definition) is 2. The molecule has 0 radical (unpaired) electrons. The van der Waals surface area contributed by atoms with Crippen LogP contribution in [0.25, 0.3) is 0 Å². The molecule has 5 heteroatoms. The lowest BCUT2D eigenvalue weighted by atomic mass is 10.0. The zero-order chi connectivity index (χ0) is 13.1. The highest BCUT2D eigenvalue weighted by atomic mass is 79.9. The molecular formula is C13H12BrF2NO. The first-order valence-electron chi connectivity index (χ1n) is 5.56. The lowest BCUT2D eigenvalue weighted by Gasteiger charge is -2.17. The normalized spacial score (nSPS) is 12.7. The van der Waals surface area contributed by atoms with Gasteiger partial charge in [0.25, 0.3) is 0 Å². The monoisotopic (exact) mass is 315 g/mol. The molecule has 0 bridgehead atoms. The number of furan rings is 1. The topological polar surface area (TPSA) is 25.2 Å². The molecule has 0 aliphatic carbocycles. The van der Waals surface area contributed by atoms with E-state index in [1.54, 1.807) is 12.1 Å². The fourth-order valence-electron chi connectivity index (χ4n) is 1.82. The summed E-state index contributed by atoms with van der Waals surface area (Å²) in [5.74, 6) is -0.713. The SMILES string of the molecule is CCNC(c1ccc(Br)o1)c1c(F)cccc1F. The van der Waals surface area contributed by atoms with Crippen LogP contribution >= 0.6 is 15.9 Å². The zero-order valence-electron chi connectivity index (χ0n) is 9.71.